The smallest absolute Gasteiger partial charge is 0.328 e. The van der Waals surface area contributed by atoms with E-state index in [-0.39, 0.29) is 6.61 Å². The molecule has 0 spiro atoms. The monoisotopic (exact) mass is 390 g/mol. The van der Waals surface area contributed by atoms with Crippen molar-refractivity contribution in [1.29, 1.82) is 0 Å². The van der Waals surface area contributed by atoms with Crippen molar-refractivity contribution in [2.24, 2.45) is 0 Å². The fourth-order valence-corrected chi connectivity index (χ4v) is 2.85. The Morgan fingerprint density at radius 1 is 1.07 bits per heavy atom. The van der Waals surface area contributed by atoms with Crippen molar-refractivity contribution in [1.82, 2.24) is 0 Å². The predicted molar refractivity (Wildman–Crippen MR) is 106 cm³/mol. The van der Waals surface area contributed by atoms with Gasteiger partial charge in [0.25, 0.3) is 0 Å². The van der Waals surface area contributed by atoms with Crippen molar-refractivity contribution in [3.05, 3.63) is 57.6 Å². The summed E-state index contributed by atoms with van der Waals surface area (Å²) in [7, 11) is 1.50. The van der Waals surface area contributed by atoms with Crippen molar-refractivity contribution < 1.29 is 24.1 Å². The average molecular weight is 391 g/mol. The maximum absolute atomic E-state index is 10.6. The van der Waals surface area contributed by atoms with E-state index in [1.807, 2.05) is 26.8 Å². The zero-order valence-corrected chi connectivity index (χ0v) is 16.6. The molecule has 0 heterocycles. The average Bonchev–Trinajstić information content (AvgIpc) is 2.63. The van der Waals surface area contributed by atoms with Crippen LogP contribution in [-0.2, 0) is 4.79 Å². The number of hydrogen-bond donors (Lipinski definition) is 1. The lowest BCUT2D eigenvalue weighted by Gasteiger charge is -2.16. The van der Waals surface area contributed by atoms with Crippen LogP contribution >= 0.6 is 11.6 Å². The van der Waals surface area contributed by atoms with Crippen LogP contribution in [0.25, 0.3) is 6.08 Å². The van der Waals surface area contributed by atoms with Crippen molar-refractivity contribution in [2.75, 3.05) is 20.3 Å². The third-order valence-corrected chi connectivity index (χ3v) is 4.40. The first-order chi connectivity index (χ1) is 12.8. The molecule has 2 aromatic carbocycles. The van der Waals surface area contributed by atoms with Crippen LogP contribution in [0.1, 0.15) is 22.3 Å². The minimum atomic E-state index is -1.04. The molecule has 0 saturated carbocycles. The molecular formula is C21H23ClO5. The molecule has 144 valence electrons. The van der Waals surface area contributed by atoms with Gasteiger partial charge in [0, 0.05) is 6.08 Å². The summed E-state index contributed by atoms with van der Waals surface area (Å²) in [4.78, 5) is 10.6. The number of aryl methyl sites for hydroxylation is 2. The summed E-state index contributed by atoms with van der Waals surface area (Å²) >= 11 is 6.27. The van der Waals surface area contributed by atoms with E-state index in [1.165, 1.54) is 18.7 Å². The zero-order valence-electron chi connectivity index (χ0n) is 15.8. The predicted octanol–water partition coefficient (Wildman–Crippen LogP) is 4.83. The van der Waals surface area contributed by atoms with Gasteiger partial charge in [-0.25, -0.2) is 4.79 Å². The molecule has 0 amide bonds. The summed E-state index contributed by atoms with van der Waals surface area (Å²) in [5, 5.41) is 9.06. The Bertz CT molecular complexity index is 858. The first kappa shape index (κ1) is 20.6. The molecule has 0 radical (unpaired) electrons. The Kier molecular flexibility index (Phi) is 7.13. The zero-order chi connectivity index (χ0) is 20.0. The second-order valence-electron chi connectivity index (χ2n) is 6.06. The number of rotatable bonds is 8. The SMILES string of the molecule is COc1cc(C=CC(=O)O)cc(Cl)c1OCCOc1c(C)ccc(C)c1C. The molecule has 0 saturated heterocycles. The van der Waals surface area contributed by atoms with Crippen LogP contribution in [-0.4, -0.2) is 31.4 Å². The van der Waals surface area contributed by atoms with Gasteiger partial charge in [0.05, 0.1) is 12.1 Å². The van der Waals surface area contributed by atoms with Crippen LogP contribution in [0.5, 0.6) is 17.2 Å². The van der Waals surface area contributed by atoms with Crippen molar-refractivity contribution in [2.45, 2.75) is 20.8 Å². The molecule has 0 fully saturated rings. The number of methoxy groups -OCH3 is 1. The molecule has 2 rings (SSSR count). The minimum absolute atomic E-state index is 0.285. The second kappa shape index (κ2) is 9.33. The molecule has 0 aliphatic carbocycles. The van der Waals surface area contributed by atoms with Crippen LogP contribution < -0.4 is 14.2 Å². The van der Waals surface area contributed by atoms with Gasteiger partial charge < -0.3 is 19.3 Å². The highest BCUT2D eigenvalue weighted by atomic mass is 35.5. The molecule has 0 aromatic heterocycles. The number of ether oxygens (including phenoxy) is 3. The number of halogens is 1. The molecule has 0 unspecified atom stereocenters. The molecule has 27 heavy (non-hydrogen) atoms. The lowest BCUT2D eigenvalue weighted by molar-refractivity contribution is -0.131. The molecule has 1 N–H and O–H groups in total. The van der Waals surface area contributed by atoms with E-state index in [0.717, 1.165) is 23.0 Å². The standard InChI is InChI=1S/C21H23ClO5/c1-13-5-6-14(2)20(15(13)3)26-9-10-27-21-17(22)11-16(7-8-19(23)24)12-18(21)25-4/h5-8,11-12H,9-10H2,1-4H3,(H,23,24). The molecule has 2 aromatic rings. The van der Waals surface area contributed by atoms with Gasteiger partial charge in [-0.15, -0.1) is 0 Å². The van der Waals surface area contributed by atoms with Crippen molar-refractivity contribution in [3.63, 3.8) is 0 Å². The topological polar surface area (TPSA) is 65.0 Å². The van der Waals surface area contributed by atoms with E-state index < -0.39 is 5.97 Å². The highest BCUT2D eigenvalue weighted by Gasteiger charge is 2.12. The number of carbonyl (C=O) groups is 1. The Morgan fingerprint density at radius 2 is 1.70 bits per heavy atom. The number of aliphatic carboxylic acids is 1. The molecular weight excluding hydrogens is 368 g/mol. The molecule has 0 aliphatic rings. The Balaban J connectivity index is 2.06. The number of benzene rings is 2. The normalized spacial score (nSPS) is 10.9. The first-order valence-electron chi connectivity index (χ1n) is 8.44. The summed E-state index contributed by atoms with van der Waals surface area (Å²) < 4.78 is 16.9. The maximum atomic E-state index is 10.6. The number of carboxylic acid groups (broad SMARTS) is 1. The fourth-order valence-electron chi connectivity index (χ4n) is 2.58. The summed E-state index contributed by atoms with van der Waals surface area (Å²) in [5.74, 6) is 0.651. The quantitative estimate of drug-likeness (QED) is 0.516. The molecule has 6 heteroatoms. The number of hydrogen-bond acceptors (Lipinski definition) is 4. The van der Waals surface area contributed by atoms with Crippen LogP contribution in [0.3, 0.4) is 0 Å². The molecule has 0 aliphatic heterocycles. The summed E-state index contributed by atoms with van der Waals surface area (Å²) in [6, 6.07) is 7.38. The van der Waals surface area contributed by atoms with Gasteiger partial charge in [-0.1, -0.05) is 23.7 Å². The van der Waals surface area contributed by atoms with Gasteiger partial charge in [-0.05, 0) is 61.2 Å². The Labute approximate surface area is 164 Å². The summed E-state index contributed by atoms with van der Waals surface area (Å²) in [6.07, 6.45) is 2.47. The minimum Gasteiger partial charge on any atom is -0.493 e. The largest absolute Gasteiger partial charge is 0.493 e. The summed E-state index contributed by atoms with van der Waals surface area (Å²) in [6.45, 7) is 6.72. The van der Waals surface area contributed by atoms with Gasteiger partial charge in [-0.3, -0.25) is 0 Å². The van der Waals surface area contributed by atoms with Crippen LogP contribution in [0, 0.1) is 20.8 Å². The van der Waals surface area contributed by atoms with Crippen LogP contribution in [0.15, 0.2) is 30.3 Å². The third-order valence-electron chi connectivity index (χ3n) is 4.12. The van der Waals surface area contributed by atoms with E-state index in [9.17, 15) is 4.79 Å². The van der Waals surface area contributed by atoms with Gasteiger partial charge in [0.1, 0.15) is 19.0 Å². The van der Waals surface area contributed by atoms with Gasteiger partial charge in [0.2, 0.25) is 0 Å². The number of carboxylic acids is 1. The van der Waals surface area contributed by atoms with Crippen LogP contribution in [0.2, 0.25) is 5.02 Å². The van der Waals surface area contributed by atoms with Crippen molar-refractivity contribution in [3.8, 4) is 17.2 Å². The Morgan fingerprint density at radius 3 is 2.33 bits per heavy atom. The van der Waals surface area contributed by atoms with Crippen LogP contribution in [0.4, 0.5) is 0 Å². The van der Waals surface area contributed by atoms with Gasteiger partial charge in [0.15, 0.2) is 11.5 Å². The second-order valence-corrected chi connectivity index (χ2v) is 6.46. The summed E-state index contributed by atoms with van der Waals surface area (Å²) in [5.41, 5.74) is 3.96. The van der Waals surface area contributed by atoms with E-state index in [1.54, 1.807) is 12.1 Å². The van der Waals surface area contributed by atoms with E-state index in [0.29, 0.717) is 28.7 Å². The molecule has 5 nitrogen and oxygen atoms in total. The lowest BCUT2D eigenvalue weighted by atomic mass is 10.1. The maximum Gasteiger partial charge on any atom is 0.328 e. The molecule has 0 atom stereocenters. The highest BCUT2D eigenvalue weighted by Crippen LogP contribution is 2.37. The van der Waals surface area contributed by atoms with E-state index >= 15 is 0 Å². The van der Waals surface area contributed by atoms with Gasteiger partial charge in [-0.2, -0.15) is 0 Å². The Hall–Kier alpha value is -2.66. The third kappa shape index (κ3) is 5.41. The van der Waals surface area contributed by atoms with Crippen molar-refractivity contribution >= 4 is 23.6 Å². The highest BCUT2D eigenvalue weighted by molar-refractivity contribution is 6.32. The van der Waals surface area contributed by atoms with E-state index in [4.69, 9.17) is 30.9 Å². The lowest BCUT2D eigenvalue weighted by Crippen LogP contribution is -2.11. The van der Waals surface area contributed by atoms with E-state index in [2.05, 4.69) is 6.07 Å². The first-order valence-corrected chi connectivity index (χ1v) is 8.82. The molecule has 0 bridgehead atoms. The van der Waals surface area contributed by atoms with Gasteiger partial charge >= 0.3 is 5.97 Å². The fraction of sp³-hybridized carbons (Fsp3) is 0.286.